The lowest BCUT2D eigenvalue weighted by atomic mass is 10.0. The van der Waals surface area contributed by atoms with Crippen molar-refractivity contribution < 1.29 is 0 Å². The van der Waals surface area contributed by atoms with Gasteiger partial charge in [0.1, 0.15) is 0 Å². The Balaban J connectivity index is 3.17. The molecule has 0 spiro atoms. The van der Waals surface area contributed by atoms with E-state index in [0.29, 0.717) is 4.83 Å². The summed E-state index contributed by atoms with van der Waals surface area (Å²) in [6.07, 6.45) is 3.94. The number of rotatable bonds is 5. The molecule has 2 heteroatoms. The Hall–Kier alpha value is 0.960. The Bertz CT molecular complexity index is 63.7. The second-order valence-electron chi connectivity index (χ2n) is 2.84. The molecule has 0 saturated carbocycles. The summed E-state index contributed by atoms with van der Waals surface area (Å²) >= 11 is 7.03. The van der Waals surface area contributed by atoms with Crippen LogP contribution in [0.4, 0.5) is 0 Å². The predicted octanol–water partition coefficient (Wildman–Crippen LogP) is 3.97. The lowest BCUT2D eigenvalue weighted by Crippen LogP contribution is -2.02. The Morgan fingerprint density at radius 2 is 1.90 bits per heavy atom. The Kier molecular flexibility index (Phi) is 7.30. The molecule has 1 unspecified atom stereocenters. The third-order valence-electron chi connectivity index (χ3n) is 1.84. The van der Waals surface area contributed by atoms with Gasteiger partial charge >= 0.3 is 0 Å². The average molecular weight is 272 g/mol. The lowest BCUT2D eigenvalue weighted by molar-refractivity contribution is 0.498. The van der Waals surface area contributed by atoms with Gasteiger partial charge in [-0.25, -0.2) is 0 Å². The van der Waals surface area contributed by atoms with Crippen LogP contribution in [0.2, 0.25) is 0 Å². The summed E-state index contributed by atoms with van der Waals surface area (Å²) in [6.45, 7) is 4.57. The normalized spacial score (nSPS) is 16.8. The summed E-state index contributed by atoms with van der Waals surface area (Å²) < 4.78 is 0. The Labute approximate surface area is 81.0 Å². The zero-order valence-corrected chi connectivity index (χ0v) is 9.91. The number of hydrogen-bond acceptors (Lipinski definition) is 0. The van der Waals surface area contributed by atoms with Crippen molar-refractivity contribution in [3.8, 4) is 0 Å². The van der Waals surface area contributed by atoms with Crippen molar-refractivity contribution in [2.75, 3.05) is 5.33 Å². The standard InChI is InChI=1S/C8H16Br2/c1-3-7(2)4-5-8(10)6-9/h7-8H,3-6H2,1-2H3/t7-,8?/m0/s1. The largest absolute Gasteiger partial charge is 0.0916 e. The minimum absolute atomic E-state index is 0.668. The van der Waals surface area contributed by atoms with Crippen molar-refractivity contribution in [1.82, 2.24) is 0 Å². The van der Waals surface area contributed by atoms with E-state index in [0.717, 1.165) is 11.2 Å². The molecule has 0 N–H and O–H groups in total. The van der Waals surface area contributed by atoms with Crippen molar-refractivity contribution in [3.63, 3.8) is 0 Å². The molecule has 0 radical (unpaired) electrons. The SMILES string of the molecule is CC[C@H](C)CCC(Br)CBr. The van der Waals surface area contributed by atoms with Crippen molar-refractivity contribution in [3.05, 3.63) is 0 Å². The van der Waals surface area contributed by atoms with Crippen molar-refractivity contribution in [2.24, 2.45) is 5.92 Å². The molecule has 0 aromatic rings. The average Bonchev–Trinajstić information content (AvgIpc) is 1.99. The van der Waals surface area contributed by atoms with Gasteiger partial charge in [-0.3, -0.25) is 0 Å². The van der Waals surface area contributed by atoms with Gasteiger partial charge in [0, 0.05) is 10.2 Å². The second kappa shape index (κ2) is 6.66. The van der Waals surface area contributed by atoms with E-state index in [1.807, 2.05) is 0 Å². The molecule has 0 aliphatic rings. The number of alkyl halides is 2. The molecule has 0 bridgehead atoms. The fraction of sp³-hybridized carbons (Fsp3) is 1.00. The van der Waals surface area contributed by atoms with E-state index in [1.165, 1.54) is 19.3 Å². The van der Waals surface area contributed by atoms with Gasteiger partial charge in [-0.1, -0.05) is 52.1 Å². The van der Waals surface area contributed by atoms with Crippen LogP contribution < -0.4 is 0 Å². The molecule has 10 heavy (non-hydrogen) atoms. The zero-order chi connectivity index (χ0) is 7.98. The molecular weight excluding hydrogens is 256 g/mol. The van der Waals surface area contributed by atoms with Gasteiger partial charge in [0.15, 0.2) is 0 Å². The highest BCUT2D eigenvalue weighted by atomic mass is 79.9. The molecule has 0 aromatic heterocycles. The Morgan fingerprint density at radius 3 is 2.30 bits per heavy atom. The van der Waals surface area contributed by atoms with E-state index in [9.17, 15) is 0 Å². The third-order valence-corrected chi connectivity index (χ3v) is 4.27. The molecule has 0 saturated heterocycles. The van der Waals surface area contributed by atoms with Crippen molar-refractivity contribution in [1.29, 1.82) is 0 Å². The summed E-state index contributed by atoms with van der Waals surface area (Å²) in [5.74, 6) is 0.888. The van der Waals surface area contributed by atoms with Crippen LogP contribution in [0.5, 0.6) is 0 Å². The van der Waals surface area contributed by atoms with Gasteiger partial charge in [0.2, 0.25) is 0 Å². The molecular formula is C8H16Br2. The molecule has 0 amide bonds. The first-order valence-electron chi connectivity index (χ1n) is 3.90. The first kappa shape index (κ1) is 11.0. The Morgan fingerprint density at radius 1 is 1.30 bits per heavy atom. The maximum absolute atomic E-state index is 3.59. The van der Waals surface area contributed by atoms with Gasteiger partial charge in [-0.05, 0) is 18.8 Å². The highest BCUT2D eigenvalue weighted by molar-refractivity contribution is 9.12. The van der Waals surface area contributed by atoms with Crippen molar-refractivity contribution in [2.45, 2.75) is 37.9 Å². The molecule has 0 nitrogen and oxygen atoms in total. The van der Waals surface area contributed by atoms with Crippen molar-refractivity contribution >= 4 is 31.9 Å². The summed E-state index contributed by atoms with van der Waals surface area (Å²) in [7, 11) is 0. The van der Waals surface area contributed by atoms with Crippen LogP contribution in [0, 0.1) is 5.92 Å². The van der Waals surface area contributed by atoms with E-state index in [-0.39, 0.29) is 0 Å². The van der Waals surface area contributed by atoms with E-state index in [2.05, 4.69) is 45.7 Å². The topological polar surface area (TPSA) is 0 Å². The molecule has 0 aliphatic carbocycles. The fourth-order valence-electron chi connectivity index (χ4n) is 0.747. The fourth-order valence-corrected chi connectivity index (χ4v) is 1.33. The minimum atomic E-state index is 0.668. The van der Waals surface area contributed by atoms with Gasteiger partial charge in [-0.15, -0.1) is 0 Å². The van der Waals surface area contributed by atoms with Gasteiger partial charge < -0.3 is 0 Å². The number of hydrogen-bond donors (Lipinski definition) is 0. The maximum Gasteiger partial charge on any atom is 0.0242 e. The summed E-state index contributed by atoms with van der Waals surface area (Å²) in [5, 5.41) is 1.07. The molecule has 2 atom stereocenters. The second-order valence-corrected chi connectivity index (χ2v) is 4.78. The molecule has 0 aliphatic heterocycles. The third kappa shape index (κ3) is 5.72. The quantitative estimate of drug-likeness (QED) is 0.664. The number of halogens is 2. The maximum atomic E-state index is 3.59. The van der Waals surface area contributed by atoms with Crippen LogP contribution in [0.1, 0.15) is 33.1 Å². The molecule has 0 rings (SSSR count). The smallest absolute Gasteiger partial charge is 0.0242 e. The van der Waals surface area contributed by atoms with E-state index in [4.69, 9.17) is 0 Å². The summed E-state index contributed by atoms with van der Waals surface area (Å²) in [6, 6.07) is 0. The van der Waals surface area contributed by atoms with Crippen LogP contribution >= 0.6 is 31.9 Å². The van der Waals surface area contributed by atoms with Gasteiger partial charge in [0.05, 0.1) is 0 Å². The first-order valence-corrected chi connectivity index (χ1v) is 5.94. The van der Waals surface area contributed by atoms with E-state index < -0.39 is 0 Å². The van der Waals surface area contributed by atoms with Gasteiger partial charge in [-0.2, -0.15) is 0 Å². The molecule has 0 heterocycles. The van der Waals surface area contributed by atoms with Crippen LogP contribution in [0.15, 0.2) is 0 Å². The minimum Gasteiger partial charge on any atom is -0.0916 e. The van der Waals surface area contributed by atoms with E-state index >= 15 is 0 Å². The van der Waals surface area contributed by atoms with E-state index in [1.54, 1.807) is 0 Å². The lowest BCUT2D eigenvalue weighted by Gasteiger charge is -2.09. The van der Waals surface area contributed by atoms with Crippen LogP contribution in [-0.2, 0) is 0 Å². The summed E-state index contributed by atoms with van der Waals surface area (Å²) in [4.78, 5) is 0.668. The van der Waals surface area contributed by atoms with Crippen LogP contribution in [0.25, 0.3) is 0 Å². The van der Waals surface area contributed by atoms with Gasteiger partial charge in [0.25, 0.3) is 0 Å². The highest BCUT2D eigenvalue weighted by Gasteiger charge is 2.04. The van der Waals surface area contributed by atoms with Crippen LogP contribution in [0.3, 0.4) is 0 Å². The van der Waals surface area contributed by atoms with Crippen LogP contribution in [-0.4, -0.2) is 10.2 Å². The predicted molar refractivity (Wildman–Crippen MR) is 55.2 cm³/mol. The highest BCUT2D eigenvalue weighted by Crippen LogP contribution is 2.16. The monoisotopic (exact) mass is 270 g/mol. The zero-order valence-electron chi connectivity index (χ0n) is 6.74. The molecule has 0 aromatic carbocycles. The summed E-state index contributed by atoms with van der Waals surface area (Å²) in [5.41, 5.74) is 0. The first-order chi connectivity index (χ1) is 4.70. The molecule has 62 valence electrons. The molecule has 0 fully saturated rings.